The molecule has 1 atom stereocenters. The van der Waals surface area contributed by atoms with Gasteiger partial charge in [-0.1, -0.05) is 52.3 Å². The summed E-state index contributed by atoms with van der Waals surface area (Å²) in [5, 5.41) is 6.03. The highest BCUT2D eigenvalue weighted by Crippen LogP contribution is 2.20. The van der Waals surface area contributed by atoms with Gasteiger partial charge in [-0.3, -0.25) is 4.98 Å². The van der Waals surface area contributed by atoms with E-state index in [1.165, 1.54) is 21.9 Å². The van der Waals surface area contributed by atoms with Crippen molar-refractivity contribution in [1.82, 2.24) is 10.3 Å². The van der Waals surface area contributed by atoms with Gasteiger partial charge in [0.1, 0.15) is 0 Å². The van der Waals surface area contributed by atoms with Crippen molar-refractivity contribution >= 4 is 26.7 Å². The fourth-order valence-electron chi connectivity index (χ4n) is 2.45. The Labute approximate surface area is 133 Å². The predicted molar refractivity (Wildman–Crippen MR) is 91.1 cm³/mol. The van der Waals surface area contributed by atoms with Gasteiger partial charge in [-0.05, 0) is 35.6 Å². The number of nitrogens with zero attached hydrogens (tertiary/aromatic N) is 1. The molecule has 1 aromatic heterocycles. The number of benzene rings is 2. The average Bonchev–Trinajstić information content (AvgIpc) is 2.53. The molecule has 0 spiro atoms. The van der Waals surface area contributed by atoms with E-state index in [0.717, 1.165) is 11.0 Å². The van der Waals surface area contributed by atoms with Gasteiger partial charge in [0.15, 0.2) is 0 Å². The quantitative estimate of drug-likeness (QED) is 0.734. The first-order valence-corrected chi connectivity index (χ1v) is 7.84. The van der Waals surface area contributed by atoms with Crippen molar-refractivity contribution in [3.8, 4) is 0 Å². The molecule has 0 saturated carbocycles. The lowest BCUT2D eigenvalue weighted by molar-refractivity contribution is 0.575. The third kappa shape index (κ3) is 3.31. The fourth-order valence-corrected chi connectivity index (χ4v) is 2.72. The van der Waals surface area contributed by atoms with Gasteiger partial charge in [0, 0.05) is 34.8 Å². The molecule has 2 aromatic carbocycles. The molecule has 0 aliphatic carbocycles. The molecule has 0 saturated heterocycles. The second kappa shape index (κ2) is 6.37. The zero-order chi connectivity index (χ0) is 14.7. The Hall–Kier alpha value is -1.71. The molecule has 3 rings (SSSR count). The normalized spacial score (nSPS) is 12.5. The van der Waals surface area contributed by atoms with Crippen molar-refractivity contribution in [2.24, 2.45) is 0 Å². The molecule has 1 unspecified atom stereocenters. The Balaban J connectivity index is 1.76. The van der Waals surface area contributed by atoms with Gasteiger partial charge < -0.3 is 5.32 Å². The van der Waals surface area contributed by atoms with Crippen LogP contribution in [0.2, 0.25) is 0 Å². The first-order valence-electron chi connectivity index (χ1n) is 7.04. The maximum Gasteiger partial charge on any atom is 0.0346 e. The van der Waals surface area contributed by atoms with Crippen LogP contribution in [0.5, 0.6) is 0 Å². The monoisotopic (exact) mass is 340 g/mol. The maximum atomic E-state index is 4.33. The standard InChI is InChI=1S/C18H17BrN2/c1-13(14-6-8-17(19)9-7-14)21-12-16-11-20-10-15-4-2-3-5-18(15)16/h2-11,13,21H,12H2,1H3. The number of hydrogen-bond acceptors (Lipinski definition) is 2. The summed E-state index contributed by atoms with van der Waals surface area (Å²) in [6, 6.07) is 17.1. The van der Waals surface area contributed by atoms with Crippen LogP contribution in [0.3, 0.4) is 0 Å². The van der Waals surface area contributed by atoms with E-state index in [4.69, 9.17) is 0 Å². The SMILES string of the molecule is CC(NCc1cncc2ccccc12)c1ccc(Br)cc1. The van der Waals surface area contributed by atoms with Crippen molar-refractivity contribution in [2.45, 2.75) is 19.5 Å². The van der Waals surface area contributed by atoms with Crippen LogP contribution >= 0.6 is 15.9 Å². The van der Waals surface area contributed by atoms with Crippen LogP contribution in [-0.4, -0.2) is 4.98 Å². The summed E-state index contributed by atoms with van der Waals surface area (Å²) in [4.78, 5) is 4.33. The minimum Gasteiger partial charge on any atom is -0.306 e. The Morgan fingerprint density at radius 2 is 1.81 bits per heavy atom. The third-order valence-electron chi connectivity index (χ3n) is 3.72. The molecule has 1 N–H and O–H groups in total. The van der Waals surface area contributed by atoms with Crippen LogP contribution in [0, 0.1) is 0 Å². The molecule has 1 heterocycles. The van der Waals surface area contributed by atoms with Crippen LogP contribution in [-0.2, 0) is 6.54 Å². The van der Waals surface area contributed by atoms with E-state index in [1.54, 1.807) is 0 Å². The van der Waals surface area contributed by atoms with Crippen LogP contribution in [0.4, 0.5) is 0 Å². The Bertz CT molecular complexity index is 732. The molecule has 0 radical (unpaired) electrons. The zero-order valence-electron chi connectivity index (χ0n) is 11.9. The van der Waals surface area contributed by atoms with Crippen LogP contribution in [0.15, 0.2) is 65.4 Å². The summed E-state index contributed by atoms with van der Waals surface area (Å²) < 4.78 is 1.11. The number of nitrogens with one attached hydrogen (secondary N) is 1. The smallest absolute Gasteiger partial charge is 0.0346 e. The molecular formula is C18H17BrN2. The topological polar surface area (TPSA) is 24.9 Å². The Morgan fingerprint density at radius 1 is 1.05 bits per heavy atom. The summed E-state index contributed by atoms with van der Waals surface area (Å²) in [6.07, 6.45) is 3.86. The number of halogens is 1. The minimum absolute atomic E-state index is 0.303. The summed E-state index contributed by atoms with van der Waals surface area (Å²) in [5.41, 5.74) is 2.52. The lowest BCUT2D eigenvalue weighted by Gasteiger charge is -2.15. The number of aromatic nitrogens is 1. The van der Waals surface area contributed by atoms with E-state index in [9.17, 15) is 0 Å². The Morgan fingerprint density at radius 3 is 2.62 bits per heavy atom. The van der Waals surface area contributed by atoms with Crippen LogP contribution in [0.25, 0.3) is 10.8 Å². The Kier molecular flexibility index (Phi) is 4.32. The number of hydrogen-bond donors (Lipinski definition) is 1. The summed E-state index contributed by atoms with van der Waals surface area (Å²) in [7, 11) is 0. The van der Waals surface area contributed by atoms with E-state index >= 15 is 0 Å². The highest BCUT2D eigenvalue weighted by Gasteiger charge is 2.06. The molecule has 21 heavy (non-hydrogen) atoms. The van der Waals surface area contributed by atoms with Crippen molar-refractivity contribution in [3.05, 3.63) is 76.5 Å². The van der Waals surface area contributed by atoms with Gasteiger partial charge in [-0.2, -0.15) is 0 Å². The lowest BCUT2D eigenvalue weighted by atomic mass is 10.1. The van der Waals surface area contributed by atoms with Gasteiger partial charge in [-0.15, -0.1) is 0 Å². The van der Waals surface area contributed by atoms with Gasteiger partial charge in [0.05, 0.1) is 0 Å². The molecule has 3 aromatic rings. The number of rotatable bonds is 4. The predicted octanol–water partition coefficient (Wildman–Crippen LogP) is 4.85. The second-order valence-corrected chi connectivity index (χ2v) is 6.09. The number of pyridine rings is 1. The molecule has 0 amide bonds. The summed E-state index contributed by atoms with van der Waals surface area (Å²) in [5.74, 6) is 0. The van der Waals surface area contributed by atoms with Crippen LogP contribution in [0.1, 0.15) is 24.1 Å². The van der Waals surface area contributed by atoms with Crippen LogP contribution < -0.4 is 5.32 Å². The molecule has 3 heteroatoms. The molecule has 0 aliphatic heterocycles. The van der Waals surface area contributed by atoms with Gasteiger partial charge >= 0.3 is 0 Å². The maximum absolute atomic E-state index is 4.33. The second-order valence-electron chi connectivity index (χ2n) is 5.17. The molecule has 0 fully saturated rings. The van der Waals surface area contributed by atoms with E-state index in [0.29, 0.717) is 6.04 Å². The molecule has 0 bridgehead atoms. The average molecular weight is 341 g/mol. The molecular weight excluding hydrogens is 324 g/mol. The van der Waals surface area contributed by atoms with Crippen molar-refractivity contribution in [3.63, 3.8) is 0 Å². The molecule has 0 aliphatic rings. The van der Waals surface area contributed by atoms with E-state index in [2.05, 4.69) is 75.6 Å². The number of fused-ring (bicyclic) bond motifs is 1. The molecule has 2 nitrogen and oxygen atoms in total. The summed E-state index contributed by atoms with van der Waals surface area (Å²) in [6.45, 7) is 2.99. The van der Waals surface area contributed by atoms with Crippen molar-refractivity contribution in [1.29, 1.82) is 0 Å². The van der Waals surface area contributed by atoms with Gasteiger partial charge in [0.25, 0.3) is 0 Å². The van der Waals surface area contributed by atoms with E-state index in [-0.39, 0.29) is 0 Å². The first-order chi connectivity index (χ1) is 10.2. The van der Waals surface area contributed by atoms with Crippen molar-refractivity contribution < 1.29 is 0 Å². The third-order valence-corrected chi connectivity index (χ3v) is 4.25. The zero-order valence-corrected chi connectivity index (χ0v) is 13.5. The van der Waals surface area contributed by atoms with Gasteiger partial charge in [0.2, 0.25) is 0 Å². The highest BCUT2D eigenvalue weighted by molar-refractivity contribution is 9.10. The minimum atomic E-state index is 0.303. The molecule has 106 valence electrons. The first kappa shape index (κ1) is 14.2. The van der Waals surface area contributed by atoms with E-state index < -0.39 is 0 Å². The summed E-state index contributed by atoms with van der Waals surface area (Å²) >= 11 is 3.47. The largest absolute Gasteiger partial charge is 0.306 e. The lowest BCUT2D eigenvalue weighted by Crippen LogP contribution is -2.18. The highest BCUT2D eigenvalue weighted by atomic mass is 79.9. The van der Waals surface area contributed by atoms with E-state index in [1.807, 2.05) is 18.5 Å². The van der Waals surface area contributed by atoms with Crippen molar-refractivity contribution in [2.75, 3.05) is 0 Å². The fraction of sp³-hybridized carbons (Fsp3) is 0.167. The van der Waals surface area contributed by atoms with Gasteiger partial charge in [-0.25, -0.2) is 0 Å².